The predicted octanol–water partition coefficient (Wildman–Crippen LogP) is 4.41. The molecule has 1 aliphatic rings. The zero-order valence-corrected chi connectivity index (χ0v) is 16.2. The highest BCUT2D eigenvalue weighted by atomic mass is 32.1. The summed E-state index contributed by atoms with van der Waals surface area (Å²) in [5, 5.41) is 18.3. The van der Waals surface area contributed by atoms with Gasteiger partial charge < -0.3 is 5.32 Å². The van der Waals surface area contributed by atoms with E-state index in [-0.39, 0.29) is 5.91 Å². The standard InChI is InChI=1S/C21H22N4OS/c1-15-17-12-18(19(26)23-21(14-22)10-6-3-7-11-21)27-20(17)25(24-15)13-16-8-4-2-5-9-16/h2,4-5,8-9,12H,3,6-7,10-11,13H2,1H3,(H,23,26). The van der Waals surface area contributed by atoms with Gasteiger partial charge in [0.1, 0.15) is 10.4 Å². The van der Waals surface area contributed by atoms with E-state index in [0.29, 0.717) is 11.4 Å². The van der Waals surface area contributed by atoms with E-state index >= 15 is 0 Å². The monoisotopic (exact) mass is 378 g/mol. The second-order valence-electron chi connectivity index (χ2n) is 7.27. The Kier molecular flexibility index (Phi) is 4.71. The fraction of sp³-hybridized carbons (Fsp3) is 0.381. The van der Waals surface area contributed by atoms with E-state index in [9.17, 15) is 10.1 Å². The lowest BCUT2D eigenvalue weighted by Crippen LogP contribution is -2.48. The summed E-state index contributed by atoms with van der Waals surface area (Å²) in [5.41, 5.74) is 1.38. The lowest BCUT2D eigenvalue weighted by molar-refractivity contribution is 0.0907. The number of aromatic nitrogens is 2. The molecule has 0 aliphatic heterocycles. The number of aryl methyl sites for hydroxylation is 1. The summed E-state index contributed by atoms with van der Waals surface area (Å²) >= 11 is 1.45. The Balaban J connectivity index is 1.61. The van der Waals surface area contributed by atoms with Crippen LogP contribution in [0.15, 0.2) is 36.4 Å². The maximum absolute atomic E-state index is 12.8. The molecule has 1 aliphatic carbocycles. The van der Waals surface area contributed by atoms with Crippen molar-refractivity contribution >= 4 is 27.5 Å². The number of benzene rings is 1. The number of carbonyl (C=O) groups is 1. The number of amides is 1. The molecule has 6 heteroatoms. The van der Waals surface area contributed by atoms with Crippen LogP contribution in [-0.2, 0) is 6.54 Å². The average Bonchev–Trinajstić information content (AvgIpc) is 3.25. The van der Waals surface area contributed by atoms with Crippen LogP contribution in [0.5, 0.6) is 0 Å². The zero-order valence-electron chi connectivity index (χ0n) is 15.4. The van der Waals surface area contributed by atoms with Crippen LogP contribution in [-0.4, -0.2) is 21.2 Å². The van der Waals surface area contributed by atoms with Crippen molar-refractivity contribution in [1.82, 2.24) is 15.1 Å². The first-order valence-electron chi connectivity index (χ1n) is 9.35. The van der Waals surface area contributed by atoms with Crippen LogP contribution in [0.3, 0.4) is 0 Å². The molecule has 5 nitrogen and oxygen atoms in total. The number of rotatable bonds is 4. The van der Waals surface area contributed by atoms with Gasteiger partial charge in [0.25, 0.3) is 5.91 Å². The third-order valence-corrected chi connectivity index (χ3v) is 6.43. The van der Waals surface area contributed by atoms with E-state index in [1.165, 1.54) is 16.9 Å². The molecule has 2 aromatic heterocycles. The van der Waals surface area contributed by atoms with Crippen LogP contribution in [0.4, 0.5) is 0 Å². The Morgan fingerprint density at radius 3 is 2.74 bits per heavy atom. The number of carbonyl (C=O) groups excluding carboxylic acids is 1. The van der Waals surface area contributed by atoms with E-state index in [2.05, 4.69) is 28.6 Å². The number of hydrogen-bond acceptors (Lipinski definition) is 4. The molecule has 27 heavy (non-hydrogen) atoms. The highest BCUT2D eigenvalue weighted by molar-refractivity contribution is 7.20. The first kappa shape index (κ1) is 17.7. The molecule has 0 saturated heterocycles. The summed E-state index contributed by atoms with van der Waals surface area (Å²) < 4.78 is 1.96. The van der Waals surface area contributed by atoms with Crippen molar-refractivity contribution < 1.29 is 4.79 Å². The van der Waals surface area contributed by atoms with Gasteiger partial charge >= 0.3 is 0 Å². The largest absolute Gasteiger partial charge is 0.333 e. The fourth-order valence-corrected chi connectivity index (χ4v) is 4.84. The minimum Gasteiger partial charge on any atom is -0.333 e. The Morgan fingerprint density at radius 2 is 2.04 bits per heavy atom. The molecule has 4 rings (SSSR count). The van der Waals surface area contributed by atoms with Gasteiger partial charge in [-0.25, -0.2) is 0 Å². The molecule has 1 amide bonds. The smallest absolute Gasteiger partial charge is 0.262 e. The van der Waals surface area contributed by atoms with Gasteiger partial charge in [0, 0.05) is 5.39 Å². The van der Waals surface area contributed by atoms with E-state index in [4.69, 9.17) is 0 Å². The van der Waals surface area contributed by atoms with Gasteiger partial charge in [-0.15, -0.1) is 11.3 Å². The van der Waals surface area contributed by atoms with Crippen molar-refractivity contribution in [3.05, 3.63) is 52.5 Å². The van der Waals surface area contributed by atoms with Crippen molar-refractivity contribution in [3.63, 3.8) is 0 Å². The topological polar surface area (TPSA) is 70.7 Å². The SMILES string of the molecule is Cc1nn(Cc2ccccc2)c2sc(C(=O)NC3(C#N)CCCCC3)cc12. The van der Waals surface area contributed by atoms with Crippen molar-refractivity contribution in [2.45, 2.75) is 51.1 Å². The van der Waals surface area contributed by atoms with Crippen LogP contribution in [0.25, 0.3) is 10.2 Å². The zero-order chi connectivity index (χ0) is 18.9. The van der Waals surface area contributed by atoms with Gasteiger partial charge in [-0.1, -0.05) is 49.6 Å². The molecule has 1 saturated carbocycles. The average molecular weight is 379 g/mol. The number of thiophene rings is 1. The molecule has 0 radical (unpaired) electrons. The van der Waals surface area contributed by atoms with Crippen LogP contribution >= 0.6 is 11.3 Å². The molecular formula is C21H22N4OS. The summed E-state index contributed by atoms with van der Waals surface area (Å²) in [6.45, 7) is 2.64. The summed E-state index contributed by atoms with van der Waals surface area (Å²) in [7, 11) is 0. The first-order chi connectivity index (χ1) is 13.1. The maximum atomic E-state index is 12.8. The summed E-state index contributed by atoms with van der Waals surface area (Å²) in [6.07, 6.45) is 4.59. The van der Waals surface area contributed by atoms with Crippen LogP contribution in [0.2, 0.25) is 0 Å². The molecule has 138 valence electrons. The lowest BCUT2D eigenvalue weighted by atomic mass is 9.83. The van der Waals surface area contributed by atoms with E-state index in [0.717, 1.165) is 48.0 Å². The van der Waals surface area contributed by atoms with Crippen molar-refractivity contribution in [2.75, 3.05) is 0 Å². The highest BCUT2D eigenvalue weighted by Gasteiger charge is 2.34. The quantitative estimate of drug-likeness (QED) is 0.731. The van der Waals surface area contributed by atoms with Gasteiger partial charge in [0.15, 0.2) is 0 Å². The molecule has 1 N–H and O–H groups in total. The minimum atomic E-state index is -0.712. The predicted molar refractivity (Wildman–Crippen MR) is 107 cm³/mol. The second-order valence-corrected chi connectivity index (χ2v) is 8.30. The van der Waals surface area contributed by atoms with Crippen LogP contribution < -0.4 is 5.32 Å². The molecule has 0 bridgehead atoms. The Hall–Kier alpha value is -2.65. The van der Waals surface area contributed by atoms with Crippen LogP contribution in [0, 0.1) is 18.3 Å². The van der Waals surface area contributed by atoms with Gasteiger partial charge in [0.2, 0.25) is 0 Å². The van der Waals surface area contributed by atoms with Gasteiger partial charge in [-0.05, 0) is 31.4 Å². The van der Waals surface area contributed by atoms with Crippen molar-refractivity contribution in [2.24, 2.45) is 0 Å². The Bertz CT molecular complexity index is 1010. The molecule has 0 spiro atoms. The van der Waals surface area contributed by atoms with Crippen molar-refractivity contribution in [3.8, 4) is 6.07 Å². The summed E-state index contributed by atoms with van der Waals surface area (Å²) in [5.74, 6) is -0.148. The summed E-state index contributed by atoms with van der Waals surface area (Å²) in [4.78, 5) is 14.5. The highest BCUT2D eigenvalue weighted by Crippen LogP contribution is 2.31. The molecule has 2 heterocycles. The molecule has 0 atom stereocenters. The number of hydrogen-bond donors (Lipinski definition) is 1. The number of nitrogens with one attached hydrogen (secondary N) is 1. The number of nitrogens with zero attached hydrogens (tertiary/aromatic N) is 3. The Morgan fingerprint density at radius 1 is 1.30 bits per heavy atom. The van der Waals surface area contributed by atoms with Gasteiger partial charge in [0.05, 0.1) is 23.2 Å². The lowest BCUT2D eigenvalue weighted by Gasteiger charge is -2.31. The molecule has 0 unspecified atom stereocenters. The first-order valence-corrected chi connectivity index (χ1v) is 10.2. The molecule has 1 aromatic carbocycles. The maximum Gasteiger partial charge on any atom is 0.262 e. The van der Waals surface area contributed by atoms with Crippen LogP contribution in [0.1, 0.15) is 53.0 Å². The Labute approximate surface area is 162 Å². The third-order valence-electron chi connectivity index (χ3n) is 5.28. The second kappa shape index (κ2) is 7.16. The van der Waals surface area contributed by atoms with E-state index in [1.54, 1.807) is 0 Å². The summed E-state index contributed by atoms with van der Waals surface area (Å²) in [6, 6.07) is 14.4. The molecule has 1 fully saturated rings. The normalized spacial score (nSPS) is 16.1. The van der Waals surface area contributed by atoms with Gasteiger partial charge in [-0.2, -0.15) is 10.4 Å². The van der Waals surface area contributed by atoms with E-state index < -0.39 is 5.54 Å². The minimum absolute atomic E-state index is 0.148. The number of nitriles is 1. The fourth-order valence-electron chi connectivity index (χ4n) is 3.79. The molecular weight excluding hydrogens is 356 g/mol. The number of fused-ring (bicyclic) bond motifs is 1. The van der Waals surface area contributed by atoms with Gasteiger partial charge in [-0.3, -0.25) is 9.48 Å². The third kappa shape index (κ3) is 3.47. The van der Waals surface area contributed by atoms with E-state index in [1.807, 2.05) is 35.9 Å². The molecule has 3 aromatic rings. The van der Waals surface area contributed by atoms with Crippen molar-refractivity contribution in [1.29, 1.82) is 5.26 Å².